The molecule has 2 heterocycles. The highest BCUT2D eigenvalue weighted by Gasteiger charge is 2.33. The number of carbonyl (C=O) groups excluding carboxylic acids is 2. The van der Waals surface area contributed by atoms with E-state index in [4.69, 9.17) is 0 Å². The lowest BCUT2D eigenvalue weighted by atomic mass is 10.1. The van der Waals surface area contributed by atoms with Gasteiger partial charge in [0.15, 0.2) is 5.82 Å². The molecule has 1 aliphatic carbocycles. The zero-order valence-corrected chi connectivity index (χ0v) is 15.3. The minimum atomic E-state index is -0.378. The van der Waals surface area contributed by atoms with E-state index in [9.17, 15) is 9.59 Å². The van der Waals surface area contributed by atoms with Gasteiger partial charge in [0.25, 0.3) is 11.8 Å². The average Bonchev–Trinajstić information content (AvgIpc) is 3.24. The van der Waals surface area contributed by atoms with Crippen LogP contribution in [0.25, 0.3) is 17.6 Å². The molecular weight excluding hydrogens is 342 g/mol. The molecule has 4 rings (SSSR count). The summed E-state index contributed by atoms with van der Waals surface area (Å²) in [5.74, 6) is 0.568. The van der Waals surface area contributed by atoms with E-state index < -0.39 is 0 Å². The number of hydrogen-bond donors (Lipinski definition) is 1. The van der Waals surface area contributed by atoms with Gasteiger partial charge in [-0.2, -0.15) is 0 Å². The largest absolute Gasteiger partial charge is 0.268 e. The predicted octanol–water partition coefficient (Wildman–Crippen LogP) is 2.24. The van der Waals surface area contributed by atoms with Crippen molar-refractivity contribution in [3.8, 4) is 11.4 Å². The molecule has 138 valence electrons. The molecule has 0 bridgehead atoms. The lowest BCUT2D eigenvalue weighted by Crippen LogP contribution is -2.42. The summed E-state index contributed by atoms with van der Waals surface area (Å²) in [6.45, 7) is 4.53. The lowest BCUT2D eigenvalue weighted by molar-refractivity contribution is -0.134. The Bertz CT molecular complexity index is 948. The minimum absolute atomic E-state index is 0.170. The third kappa shape index (κ3) is 3.97. The summed E-state index contributed by atoms with van der Waals surface area (Å²) in [5.41, 5.74) is 6.94. The zero-order chi connectivity index (χ0) is 19.0. The van der Waals surface area contributed by atoms with Crippen LogP contribution >= 0.6 is 0 Å². The van der Waals surface area contributed by atoms with Gasteiger partial charge in [-0.25, -0.2) is 14.7 Å². The number of rotatable bonds is 5. The maximum atomic E-state index is 12.1. The number of nitrogens with one attached hydrogen (secondary N) is 1. The molecule has 27 heavy (non-hydrogen) atoms. The molecule has 1 aromatic carbocycles. The number of hydrazine groups is 1. The fourth-order valence-electron chi connectivity index (χ4n) is 3.24. The van der Waals surface area contributed by atoms with Gasteiger partial charge < -0.3 is 0 Å². The molecule has 2 aliphatic rings. The van der Waals surface area contributed by atoms with Gasteiger partial charge in [-0.05, 0) is 50.3 Å². The lowest BCUT2D eigenvalue weighted by Gasteiger charge is -2.16. The molecule has 2 aromatic rings. The summed E-state index contributed by atoms with van der Waals surface area (Å²) in [6.07, 6.45) is 8.30. The van der Waals surface area contributed by atoms with Crippen molar-refractivity contribution < 1.29 is 9.59 Å². The monoisotopic (exact) mass is 363 g/mol. The van der Waals surface area contributed by atoms with E-state index in [2.05, 4.69) is 21.6 Å². The summed E-state index contributed by atoms with van der Waals surface area (Å²) in [7, 11) is 0. The van der Waals surface area contributed by atoms with Crippen LogP contribution < -0.4 is 5.43 Å². The first-order chi connectivity index (χ1) is 13.0. The maximum absolute atomic E-state index is 12.1. The summed E-state index contributed by atoms with van der Waals surface area (Å²) in [4.78, 5) is 28.3. The van der Waals surface area contributed by atoms with Crippen LogP contribution in [-0.2, 0) is 9.59 Å². The normalized spacial score (nSPS) is 16.9. The Morgan fingerprint density at radius 3 is 2.67 bits per heavy atom. The van der Waals surface area contributed by atoms with Crippen LogP contribution in [0.15, 0.2) is 42.3 Å². The first-order valence-corrected chi connectivity index (χ1v) is 8.98. The summed E-state index contributed by atoms with van der Waals surface area (Å²) < 4.78 is 1.48. The molecule has 7 nitrogen and oxygen atoms in total. The Labute approximate surface area is 157 Å². The van der Waals surface area contributed by atoms with Gasteiger partial charge in [0.05, 0.1) is 6.54 Å². The molecule has 1 aliphatic heterocycles. The highest BCUT2D eigenvalue weighted by Crippen LogP contribution is 2.38. The second kappa shape index (κ2) is 6.83. The van der Waals surface area contributed by atoms with Crippen molar-refractivity contribution in [3.05, 3.63) is 53.4 Å². The van der Waals surface area contributed by atoms with Crippen molar-refractivity contribution in [1.82, 2.24) is 25.2 Å². The molecule has 1 N–H and O–H groups in total. The summed E-state index contributed by atoms with van der Waals surface area (Å²) >= 11 is 0. The number of carbonyl (C=O) groups is 2. The Balaban J connectivity index is 1.38. The van der Waals surface area contributed by atoms with E-state index in [1.54, 1.807) is 12.4 Å². The Morgan fingerprint density at radius 1 is 1.22 bits per heavy atom. The first kappa shape index (κ1) is 17.2. The van der Waals surface area contributed by atoms with Crippen molar-refractivity contribution in [2.24, 2.45) is 5.92 Å². The Morgan fingerprint density at radius 2 is 1.96 bits per heavy atom. The average molecular weight is 363 g/mol. The van der Waals surface area contributed by atoms with Gasteiger partial charge in [0.1, 0.15) is 6.33 Å². The van der Waals surface area contributed by atoms with E-state index in [1.807, 2.05) is 26.0 Å². The van der Waals surface area contributed by atoms with Gasteiger partial charge in [-0.1, -0.05) is 17.2 Å². The molecule has 7 heteroatoms. The number of aryl methyl sites for hydroxylation is 2. The van der Waals surface area contributed by atoms with E-state index in [1.165, 1.54) is 22.0 Å². The number of aromatic nitrogens is 3. The number of amides is 2. The van der Waals surface area contributed by atoms with Crippen LogP contribution in [0.5, 0.6) is 0 Å². The quantitative estimate of drug-likeness (QED) is 0.826. The summed E-state index contributed by atoms with van der Waals surface area (Å²) in [5, 5.41) is 5.72. The van der Waals surface area contributed by atoms with E-state index in [0.29, 0.717) is 18.3 Å². The van der Waals surface area contributed by atoms with Crippen LogP contribution in [0.2, 0.25) is 0 Å². The van der Waals surface area contributed by atoms with Gasteiger partial charge in [-0.15, -0.1) is 5.10 Å². The van der Waals surface area contributed by atoms with E-state index in [-0.39, 0.29) is 11.8 Å². The van der Waals surface area contributed by atoms with Gasteiger partial charge in [0.2, 0.25) is 0 Å². The summed E-state index contributed by atoms with van der Waals surface area (Å²) in [6, 6.07) is 6.13. The number of benzene rings is 1. The standard InChI is InChI=1S/C20H21N5O2/c1-13-7-14(2)9-16(8-13)20-21-12-24(23-20)6-5-18(26)22-25-11-17(10-19(25)27)15-3-4-15/h5-10,12,15H,3-4,11H2,1-2H3,(H,22,26)/b6-5-. The molecule has 0 spiro atoms. The third-order valence-corrected chi connectivity index (χ3v) is 4.63. The predicted molar refractivity (Wildman–Crippen MR) is 101 cm³/mol. The SMILES string of the molecule is Cc1cc(C)cc(-c2ncn(/C=C\C(=O)NN3CC(C4CC4)=CC3=O)n2)c1. The Kier molecular flexibility index (Phi) is 4.35. The van der Waals surface area contributed by atoms with Crippen molar-refractivity contribution in [2.45, 2.75) is 26.7 Å². The molecule has 1 aromatic heterocycles. The van der Waals surface area contributed by atoms with Gasteiger partial charge in [-0.3, -0.25) is 15.0 Å². The molecular formula is C20H21N5O2. The topological polar surface area (TPSA) is 80.1 Å². The van der Waals surface area contributed by atoms with Crippen molar-refractivity contribution in [3.63, 3.8) is 0 Å². The minimum Gasteiger partial charge on any atom is -0.268 e. The zero-order valence-electron chi connectivity index (χ0n) is 15.3. The number of hydrogen-bond acceptors (Lipinski definition) is 4. The third-order valence-electron chi connectivity index (χ3n) is 4.63. The molecule has 0 unspecified atom stereocenters. The van der Waals surface area contributed by atoms with Crippen molar-refractivity contribution >= 4 is 18.0 Å². The van der Waals surface area contributed by atoms with Gasteiger partial charge >= 0.3 is 0 Å². The highest BCUT2D eigenvalue weighted by atomic mass is 16.2. The Hall–Kier alpha value is -3.22. The van der Waals surface area contributed by atoms with Crippen LogP contribution in [0, 0.1) is 19.8 Å². The van der Waals surface area contributed by atoms with Crippen LogP contribution in [0.3, 0.4) is 0 Å². The second-order valence-corrected chi connectivity index (χ2v) is 7.13. The molecule has 1 fully saturated rings. The highest BCUT2D eigenvalue weighted by molar-refractivity contribution is 5.96. The smallest absolute Gasteiger partial charge is 0.265 e. The fourth-order valence-corrected chi connectivity index (χ4v) is 3.24. The van der Waals surface area contributed by atoms with Crippen LogP contribution in [0.4, 0.5) is 0 Å². The number of nitrogens with zero attached hydrogens (tertiary/aromatic N) is 4. The molecule has 2 amide bonds. The molecule has 0 radical (unpaired) electrons. The van der Waals surface area contributed by atoms with Gasteiger partial charge in [0, 0.05) is 23.9 Å². The molecule has 0 atom stereocenters. The van der Waals surface area contributed by atoms with Crippen LogP contribution in [-0.4, -0.2) is 38.1 Å². The van der Waals surface area contributed by atoms with Crippen molar-refractivity contribution in [1.29, 1.82) is 0 Å². The maximum Gasteiger partial charge on any atom is 0.265 e. The first-order valence-electron chi connectivity index (χ1n) is 8.98. The molecule has 1 saturated carbocycles. The van der Waals surface area contributed by atoms with Crippen LogP contribution in [0.1, 0.15) is 24.0 Å². The van der Waals surface area contributed by atoms with E-state index in [0.717, 1.165) is 35.1 Å². The molecule has 0 saturated heterocycles. The second-order valence-electron chi connectivity index (χ2n) is 7.13. The van der Waals surface area contributed by atoms with E-state index >= 15 is 0 Å². The fraction of sp³-hybridized carbons (Fsp3) is 0.300. The van der Waals surface area contributed by atoms with Crippen molar-refractivity contribution in [2.75, 3.05) is 6.54 Å².